The van der Waals surface area contributed by atoms with E-state index in [2.05, 4.69) is 22.7 Å². The van der Waals surface area contributed by atoms with Gasteiger partial charge >= 0.3 is 12.1 Å². The Balaban J connectivity index is 1.26. The third-order valence-electron chi connectivity index (χ3n) is 7.57. The Morgan fingerprint density at radius 2 is 1.70 bits per heavy atom. The van der Waals surface area contributed by atoms with Crippen LogP contribution in [0.25, 0.3) is 10.9 Å². The maximum absolute atomic E-state index is 12.8. The SMILES string of the molecule is CC(CC(NC(=O)OC(C)(C)C)NN1[C@H](C(=O)O)[C@@H]1Cc1c[nH]c2ccccc12)c1ccc(OCc2ccccc2)cc1. The molecule has 0 saturated carbocycles. The molecule has 226 valence electrons. The summed E-state index contributed by atoms with van der Waals surface area (Å²) < 4.78 is 11.5. The summed E-state index contributed by atoms with van der Waals surface area (Å²) in [4.78, 5) is 28.2. The van der Waals surface area contributed by atoms with Gasteiger partial charge in [-0.1, -0.05) is 67.6 Å². The Labute approximate surface area is 252 Å². The fourth-order valence-electron chi connectivity index (χ4n) is 5.37. The molecule has 3 unspecified atom stereocenters. The number of rotatable bonds is 12. The lowest BCUT2D eigenvalue weighted by Crippen LogP contribution is -2.50. The quantitative estimate of drug-likeness (QED) is 0.120. The largest absolute Gasteiger partial charge is 0.489 e. The summed E-state index contributed by atoms with van der Waals surface area (Å²) in [6, 6.07) is 24.9. The van der Waals surface area contributed by atoms with E-state index in [0.29, 0.717) is 19.4 Å². The molecule has 3 aromatic carbocycles. The van der Waals surface area contributed by atoms with E-state index in [1.165, 1.54) is 0 Å². The number of hydrogen-bond acceptors (Lipinski definition) is 6. The van der Waals surface area contributed by atoms with Crippen molar-refractivity contribution in [1.29, 1.82) is 0 Å². The van der Waals surface area contributed by atoms with Crippen LogP contribution >= 0.6 is 0 Å². The lowest BCUT2D eigenvalue weighted by Gasteiger charge is -2.27. The van der Waals surface area contributed by atoms with Crippen LogP contribution in [-0.4, -0.2) is 51.0 Å². The number of carbonyl (C=O) groups excluding carboxylic acids is 1. The molecular weight excluding hydrogens is 544 g/mol. The fraction of sp³-hybridized carbons (Fsp3) is 0.353. The Hall–Kier alpha value is -4.34. The molecular formula is C34H40N4O5. The zero-order valence-electron chi connectivity index (χ0n) is 25.0. The first kappa shape index (κ1) is 30.1. The second-order valence-electron chi connectivity index (χ2n) is 12.1. The van der Waals surface area contributed by atoms with Crippen molar-refractivity contribution in [3.8, 4) is 5.75 Å². The minimum atomic E-state index is -0.910. The molecule has 4 N–H and O–H groups in total. The van der Waals surface area contributed by atoms with Gasteiger partial charge in [-0.05, 0) is 74.4 Å². The standard InChI is InChI=1S/C34H40N4O5/c1-22(24-14-16-26(17-15-24)42-21-23-10-6-5-7-11-23)18-30(36-33(41)43-34(2,3)4)37-38-29(31(38)32(39)40)19-25-20-35-28-13-9-8-12-27(25)28/h5-17,20,22,29-31,35,37H,18-19,21H2,1-4H3,(H,36,41)(H,39,40)/t22?,29-,30?,31-,38?/m0/s1. The van der Waals surface area contributed by atoms with E-state index in [0.717, 1.165) is 33.3 Å². The highest BCUT2D eigenvalue weighted by Crippen LogP contribution is 2.33. The molecule has 0 bridgehead atoms. The van der Waals surface area contributed by atoms with Gasteiger partial charge in [0.2, 0.25) is 0 Å². The van der Waals surface area contributed by atoms with Gasteiger partial charge in [0.05, 0.1) is 12.2 Å². The van der Waals surface area contributed by atoms with Gasteiger partial charge in [-0.2, -0.15) is 0 Å². The number of amides is 1. The molecule has 1 aromatic heterocycles. The van der Waals surface area contributed by atoms with Gasteiger partial charge in [0.1, 0.15) is 24.0 Å². The number of aromatic amines is 1. The van der Waals surface area contributed by atoms with E-state index in [1.54, 1.807) is 25.8 Å². The number of carboxylic acids is 1. The van der Waals surface area contributed by atoms with E-state index < -0.39 is 29.9 Å². The van der Waals surface area contributed by atoms with Crippen LogP contribution in [-0.2, 0) is 22.6 Å². The molecule has 43 heavy (non-hydrogen) atoms. The lowest BCUT2D eigenvalue weighted by molar-refractivity contribution is -0.137. The molecule has 1 saturated heterocycles. The summed E-state index contributed by atoms with van der Waals surface area (Å²) in [6.45, 7) is 7.98. The van der Waals surface area contributed by atoms with E-state index in [-0.39, 0.29) is 12.0 Å². The molecule has 1 aliphatic rings. The average Bonchev–Trinajstić information content (AvgIpc) is 3.48. The predicted molar refractivity (Wildman–Crippen MR) is 166 cm³/mol. The van der Waals surface area contributed by atoms with Crippen molar-refractivity contribution in [3.63, 3.8) is 0 Å². The Bertz CT molecular complexity index is 1530. The van der Waals surface area contributed by atoms with Crippen molar-refractivity contribution < 1.29 is 24.2 Å². The maximum Gasteiger partial charge on any atom is 0.408 e. The topological polar surface area (TPSA) is 116 Å². The number of nitrogens with zero attached hydrogens (tertiary/aromatic N) is 1. The van der Waals surface area contributed by atoms with Gasteiger partial charge in [-0.3, -0.25) is 4.79 Å². The maximum atomic E-state index is 12.8. The number of hydrogen-bond donors (Lipinski definition) is 4. The number of H-pyrrole nitrogens is 1. The fourth-order valence-corrected chi connectivity index (χ4v) is 5.37. The van der Waals surface area contributed by atoms with Crippen LogP contribution in [0.1, 0.15) is 56.7 Å². The first-order chi connectivity index (χ1) is 20.6. The van der Waals surface area contributed by atoms with Crippen molar-refractivity contribution in [2.75, 3.05) is 0 Å². The number of para-hydroxylation sites is 1. The smallest absolute Gasteiger partial charge is 0.408 e. The number of fused-ring (bicyclic) bond motifs is 1. The minimum Gasteiger partial charge on any atom is -0.489 e. The molecule has 1 fully saturated rings. The number of aliphatic carboxylic acids is 1. The Morgan fingerprint density at radius 1 is 1.00 bits per heavy atom. The number of ether oxygens (including phenoxy) is 2. The Kier molecular flexibility index (Phi) is 9.03. The number of carboxylic acid groups (broad SMARTS) is 1. The number of aromatic nitrogens is 1. The first-order valence-corrected chi connectivity index (χ1v) is 14.7. The molecule has 9 nitrogen and oxygen atoms in total. The van der Waals surface area contributed by atoms with E-state index >= 15 is 0 Å². The van der Waals surface area contributed by atoms with Gasteiger partial charge in [0.25, 0.3) is 0 Å². The second kappa shape index (κ2) is 12.9. The summed E-state index contributed by atoms with van der Waals surface area (Å²) in [5.74, 6) is -0.103. The third kappa shape index (κ3) is 7.94. The number of hydrazine groups is 1. The predicted octanol–water partition coefficient (Wildman–Crippen LogP) is 5.98. The summed E-state index contributed by atoms with van der Waals surface area (Å²) in [7, 11) is 0. The Morgan fingerprint density at radius 3 is 2.40 bits per heavy atom. The summed E-state index contributed by atoms with van der Waals surface area (Å²) in [6.07, 6.45) is 1.86. The van der Waals surface area contributed by atoms with Gasteiger partial charge in [0.15, 0.2) is 0 Å². The van der Waals surface area contributed by atoms with Crippen LogP contribution < -0.4 is 15.5 Å². The van der Waals surface area contributed by atoms with Gasteiger partial charge in [-0.15, -0.1) is 0 Å². The van der Waals surface area contributed by atoms with E-state index in [1.807, 2.05) is 85.1 Å². The molecule has 2 heterocycles. The molecule has 4 aromatic rings. The zero-order chi connectivity index (χ0) is 30.6. The number of nitrogens with one attached hydrogen (secondary N) is 3. The van der Waals surface area contributed by atoms with Crippen molar-refractivity contribution >= 4 is 23.0 Å². The first-order valence-electron chi connectivity index (χ1n) is 14.7. The highest BCUT2D eigenvalue weighted by molar-refractivity contribution is 5.84. The average molecular weight is 585 g/mol. The summed E-state index contributed by atoms with van der Waals surface area (Å²) >= 11 is 0. The highest BCUT2D eigenvalue weighted by atomic mass is 16.6. The molecule has 5 atom stereocenters. The van der Waals surface area contributed by atoms with Crippen LogP contribution in [0.5, 0.6) is 5.75 Å². The van der Waals surface area contributed by atoms with Crippen molar-refractivity contribution in [2.45, 2.75) is 76.9 Å². The lowest BCUT2D eigenvalue weighted by atomic mass is 9.96. The van der Waals surface area contributed by atoms with Crippen LogP contribution in [0.3, 0.4) is 0 Å². The third-order valence-corrected chi connectivity index (χ3v) is 7.57. The molecule has 0 radical (unpaired) electrons. The second-order valence-corrected chi connectivity index (χ2v) is 12.1. The van der Waals surface area contributed by atoms with Crippen LogP contribution in [0.15, 0.2) is 85.1 Å². The molecule has 0 spiro atoms. The number of alkyl carbamates (subject to hydrolysis) is 1. The van der Waals surface area contributed by atoms with Crippen LogP contribution in [0, 0.1) is 0 Å². The normalized spacial score (nSPS) is 19.4. The molecule has 1 amide bonds. The van der Waals surface area contributed by atoms with Gasteiger partial charge < -0.3 is 24.9 Å². The van der Waals surface area contributed by atoms with Gasteiger partial charge in [0, 0.05) is 17.1 Å². The molecule has 0 aliphatic carbocycles. The van der Waals surface area contributed by atoms with Crippen molar-refractivity contribution in [1.82, 2.24) is 20.7 Å². The van der Waals surface area contributed by atoms with Crippen molar-refractivity contribution in [3.05, 3.63) is 102 Å². The van der Waals surface area contributed by atoms with Crippen molar-refractivity contribution in [2.24, 2.45) is 0 Å². The number of carbonyl (C=O) groups is 2. The summed E-state index contributed by atoms with van der Waals surface area (Å²) in [5.41, 5.74) is 6.87. The number of benzene rings is 3. The van der Waals surface area contributed by atoms with Crippen LogP contribution in [0.2, 0.25) is 0 Å². The zero-order valence-corrected chi connectivity index (χ0v) is 25.0. The molecule has 1 aliphatic heterocycles. The molecule has 5 rings (SSSR count). The van der Waals surface area contributed by atoms with Crippen LogP contribution in [0.4, 0.5) is 4.79 Å². The minimum absolute atomic E-state index is 0.0332. The summed E-state index contributed by atoms with van der Waals surface area (Å²) in [5, 5.41) is 15.7. The van der Waals surface area contributed by atoms with E-state index in [9.17, 15) is 14.7 Å². The van der Waals surface area contributed by atoms with E-state index in [4.69, 9.17) is 9.47 Å². The monoisotopic (exact) mass is 584 g/mol. The highest BCUT2D eigenvalue weighted by Gasteiger charge is 2.54. The van der Waals surface area contributed by atoms with Gasteiger partial charge in [-0.25, -0.2) is 15.2 Å². The molecule has 9 heteroatoms.